The Morgan fingerprint density at radius 1 is 0.579 bits per heavy atom. The van der Waals surface area contributed by atoms with Crippen molar-refractivity contribution in [2.45, 2.75) is 275 Å². The summed E-state index contributed by atoms with van der Waals surface area (Å²) in [7, 11) is 0. The molecule has 0 bridgehead atoms. The first-order valence-electron chi connectivity index (χ1n) is 24.4. The molecule has 9 heteroatoms. The fourth-order valence-electron chi connectivity index (χ4n) is 7.99. The molecule has 0 aromatic carbocycles. The number of hydrogen-bond donors (Lipinski definition) is 6. The van der Waals surface area contributed by atoms with E-state index in [4.69, 9.17) is 9.47 Å². The van der Waals surface area contributed by atoms with Crippen LogP contribution in [0.15, 0.2) is 12.2 Å². The van der Waals surface area contributed by atoms with Gasteiger partial charge in [0.05, 0.1) is 25.4 Å². The van der Waals surface area contributed by atoms with Crippen LogP contribution in [0.1, 0.15) is 232 Å². The molecule has 1 fully saturated rings. The smallest absolute Gasteiger partial charge is 0.244 e. The van der Waals surface area contributed by atoms with Crippen LogP contribution in [0.2, 0.25) is 0 Å². The Kier molecular flexibility index (Phi) is 37.0. The first-order valence-corrected chi connectivity index (χ1v) is 24.4. The van der Waals surface area contributed by atoms with E-state index in [0.717, 1.165) is 38.5 Å². The SMILES string of the molecule is CCCCCCCCCCCCCCCCCCCCCC/C=C/C(=O)N[C@@H](CO[C@@H]1O[C@H](CO)[C@@H](O)[C@H](O)[C@@H]1O)[C@H](O)CCCCCCCCCCCCCC. The third kappa shape index (κ3) is 29.7. The highest BCUT2D eigenvalue weighted by Crippen LogP contribution is 2.23. The van der Waals surface area contributed by atoms with Crippen LogP contribution in [0.4, 0.5) is 0 Å². The summed E-state index contributed by atoms with van der Waals surface area (Å²) in [5, 5.41) is 54.2. The molecule has 1 amide bonds. The molecule has 338 valence electrons. The van der Waals surface area contributed by atoms with E-state index in [-0.39, 0.29) is 12.5 Å². The lowest BCUT2D eigenvalue weighted by Gasteiger charge is -2.40. The van der Waals surface area contributed by atoms with Gasteiger partial charge in [-0.05, 0) is 25.3 Å². The quantitative estimate of drug-likeness (QED) is 0.0264. The second-order valence-corrected chi connectivity index (χ2v) is 17.3. The van der Waals surface area contributed by atoms with Crippen molar-refractivity contribution in [3.63, 3.8) is 0 Å². The lowest BCUT2D eigenvalue weighted by Crippen LogP contribution is -2.60. The zero-order valence-electron chi connectivity index (χ0n) is 37.1. The molecule has 9 nitrogen and oxygen atoms in total. The van der Waals surface area contributed by atoms with Crippen LogP contribution < -0.4 is 5.32 Å². The van der Waals surface area contributed by atoms with Gasteiger partial charge < -0.3 is 40.3 Å². The molecule has 0 aliphatic carbocycles. The van der Waals surface area contributed by atoms with E-state index in [9.17, 15) is 30.3 Å². The summed E-state index contributed by atoms with van der Waals surface area (Å²) in [5.41, 5.74) is 0. The molecule has 1 saturated heterocycles. The minimum atomic E-state index is -1.56. The Morgan fingerprint density at radius 3 is 1.37 bits per heavy atom. The summed E-state index contributed by atoms with van der Waals surface area (Å²) in [6, 6.07) is -0.762. The van der Waals surface area contributed by atoms with Crippen molar-refractivity contribution in [1.82, 2.24) is 5.32 Å². The summed E-state index contributed by atoms with van der Waals surface area (Å²) >= 11 is 0. The average Bonchev–Trinajstić information content (AvgIpc) is 3.21. The van der Waals surface area contributed by atoms with Gasteiger partial charge >= 0.3 is 0 Å². The van der Waals surface area contributed by atoms with Gasteiger partial charge in [0.25, 0.3) is 0 Å². The van der Waals surface area contributed by atoms with Crippen molar-refractivity contribution < 1.29 is 39.8 Å². The highest BCUT2D eigenvalue weighted by atomic mass is 16.7. The molecular formula is C48H93NO8. The minimum Gasteiger partial charge on any atom is -0.394 e. The van der Waals surface area contributed by atoms with Gasteiger partial charge in [0.1, 0.15) is 24.4 Å². The monoisotopic (exact) mass is 812 g/mol. The highest BCUT2D eigenvalue weighted by Gasteiger charge is 2.44. The van der Waals surface area contributed by atoms with Crippen molar-refractivity contribution in [1.29, 1.82) is 0 Å². The van der Waals surface area contributed by atoms with E-state index in [1.165, 1.54) is 179 Å². The van der Waals surface area contributed by atoms with E-state index >= 15 is 0 Å². The topological polar surface area (TPSA) is 149 Å². The fraction of sp³-hybridized carbons (Fsp3) is 0.938. The number of amides is 1. The second kappa shape index (κ2) is 39.1. The second-order valence-electron chi connectivity index (χ2n) is 17.3. The molecule has 57 heavy (non-hydrogen) atoms. The van der Waals surface area contributed by atoms with Crippen LogP contribution in [0.3, 0.4) is 0 Å². The van der Waals surface area contributed by atoms with Gasteiger partial charge in [-0.3, -0.25) is 4.79 Å². The van der Waals surface area contributed by atoms with Crippen LogP contribution >= 0.6 is 0 Å². The molecular weight excluding hydrogens is 719 g/mol. The van der Waals surface area contributed by atoms with Crippen LogP contribution in [0, 0.1) is 0 Å². The fourth-order valence-corrected chi connectivity index (χ4v) is 7.99. The average molecular weight is 812 g/mol. The van der Waals surface area contributed by atoms with Gasteiger partial charge in [-0.15, -0.1) is 0 Å². The van der Waals surface area contributed by atoms with E-state index in [2.05, 4.69) is 19.2 Å². The van der Waals surface area contributed by atoms with Gasteiger partial charge in [0.15, 0.2) is 6.29 Å². The van der Waals surface area contributed by atoms with E-state index in [1.807, 2.05) is 6.08 Å². The predicted molar refractivity (Wildman–Crippen MR) is 235 cm³/mol. The molecule has 0 saturated carbocycles. The summed E-state index contributed by atoms with van der Waals surface area (Å²) in [5.74, 6) is -0.320. The lowest BCUT2D eigenvalue weighted by atomic mass is 9.99. The maximum atomic E-state index is 12.9. The molecule has 0 aromatic heterocycles. The van der Waals surface area contributed by atoms with E-state index < -0.39 is 49.5 Å². The first-order chi connectivity index (χ1) is 27.8. The van der Waals surface area contributed by atoms with E-state index in [0.29, 0.717) is 6.42 Å². The zero-order valence-corrected chi connectivity index (χ0v) is 37.1. The van der Waals surface area contributed by atoms with E-state index in [1.54, 1.807) is 0 Å². The number of carbonyl (C=O) groups is 1. The number of rotatable bonds is 41. The third-order valence-corrected chi connectivity index (χ3v) is 11.9. The Balaban J connectivity index is 2.27. The summed E-state index contributed by atoms with van der Waals surface area (Å²) < 4.78 is 11.2. The van der Waals surface area contributed by atoms with Gasteiger partial charge in [0, 0.05) is 0 Å². The Bertz CT molecular complexity index is 904. The van der Waals surface area contributed by atoms with Gasteiger partial charge in [-0.2, -0.15) is 0 Å². The summed E-state index contributed by atoms with van der Waals surface area (Å²) in [6.45, 7) is 3.80. The zero-order chi connectivity index (χ0) is 41.6. The number of unbranched alkanes of at least 4 members (excludes halogenated alkanes) is 31. The molecule has 0 spiro atoms. The maximum absolute atomic E-state index is 12.9. The minimum absolute atomic E-state index is 0.166. The number of ether oxygens (including phenoxy) is 2. The highest BCUT2D eigenvalue weighted by molar-refractivity contribution is 5.87. The molecule has 6 N–H and O–H groups in total. The van der Waals surface area contributed by atoms with Crippen LogP contribution in [-0.2, 0) is 14.3 Å². The summed E-state index contributed by atoms with van der Waals surface area (Å²) in [4.78, 5) is 12.9. The number of carbonyl (C=O) groups excluding carboxylic acids is 1. The van der Waals surface area contributed by atoms with Crippen molar-refractivity contribution in [3.05, 3.63) is 12.2 Å². The number of allylic oxidation sites excluding steroid dienone is 1. The van der Waals surface area contributed by atoms with Crippen LogP contribution in [0.25, 0.3) is 0 Å². The van der Waals surface area contributed by atoms with Crippen molar-refractivity contribution >= 4 is 5.91 Å². The van der Waals surface area contributed by atoms with Crippen LogP contribution in [0.5, 0.6) is 0 Å². The molecule has 0 unspecified atom stereocenters. The molecule has 0 aromatic rings. The normalized spacial score (nSPS) is 21.0. The summed E-state index contributed by atoms with van der Waals surface area (Å²) in [6.07, 6.45) is 38.4. The third-order valence-electron chi connectivity index (χ3n) is 11.9. The number of aliphatic hydroxyl groups is 5. The van der Waals surface area contributed by atoms with Crippen molar-refractivity contribution in [2.75, 3.05) is 13.2 Å². The molecule has 1 aliphatic heterocycles. The van der Waals surface area contributed by atoms with Crippen molar-refractivity contribution in [2.24, 2.45) is 0 Å². The van der Waals surface area contributed by atoms with Gasteiger partial charge in [-0.25, -0.2) is 0 Å². The molecule has 1 heterocycles. The molecule has 1 rings (SSSR count). The maximum Gasteiger partial charge on any atom is 0.244 e. The molecule has 1 aliphatic rings. The Labute approximate surface area is 350 Å². The molecule has 7 atom stereocenters. The van der Waals surface area contributed by atoms with Gasteiger partial charge in [0.2, 0.25) is 5.91 Å². The number of aliphatic hydroxyl groups excluding tert-OH is 5. The number of nitrogens with one attached hydrogen (secondary N) is 1. The standard InChI is InChI=1S/C48H93NO8/c1-3-5-7-9-11-13-15-17-18-19-20-21-22-23-24-25-26-28-30-32-34-36-38-44(52)49-41(40-56-48-47(55)46(54)45(53)43(39-50)57-48)42(51)37-35-33-31-29-27-16-14-12-10-8-6-4-2/h36,38,41-43,45-48,50-51,53-55H,3-35,37,39-40H2,1-2H3,(H,49,52)/b38-36+/t41-,42+,43+,45+,46-,47-,48+/m0/s1. The first kappa shape index (κ1) is 53.9. The largest absolute Gasteiger partial charge is 0.394 e. The lowest BCUT2D eigenvalue weighted by molar-refractivity contribution is -0.302. The Morgan fingerprint density at radius 2 is 0.965 bits per heavy atom. The van der Waals surface area contributed by atoms with Gasteiger partial charge in [-0.1, -0.05) is 219 Å². The van der Waals surface area contributed by atoms with Crippen LogP contribution in [-0.4, -0.2) is 87.5 Å². The van der Waals surface area contributed by atoms with Crippen molar-refractivity contribution in [3.8, 4) is 0 Å². The number of hydrogen-bond acceptors (Lipinski definition) is 8. The predicted octanol–water partition coefficient (Wildman–Crippen LogP) is 10.5. The molecule has 0 radical (unpaired) electrons. The Hall–Kier alpha value is -1.07.